The van der Waals surface area contributed by atoms with Crippen molar-refractivity contribution in [3.05, 3.63) is 34.3 Å². The number of nitrogens with one attached hydrogen (secondary N) is 2. The molecule has 2 rings (SSSR count). The van der Waals surface area contributed by atoms with E-state index >= 15 is 0 Å². The Morgan fingerprint density at radius 1 is 1.40 bits per heavy atom. The molecule has 1 aromatic carbocycles. The average Bonchev–Trinajstić information content (AvgIpc) is 2.92. The molecule has 0 radical (unpaired) electrons. The summed E-state index contributed by atoms with van der Waals surface area (Å²) in [5.41, 5.74) is 0.551. The van der Waals surface area contributed by atoms with E-state index in [0.29, 0.717) is 5.92 Å². The van der Waals surface area contributed by atoms with Gasteiger partial charge in [-0.15, -0.1) is 0 Å². The average molecular weight is 339 g/mol. The Kier molecular flexibility index (Phi) is 5.22. The van der Waals surface area contributed by atoms with Gasteiger partial charge in [-0.05, 0) is 63.4 Å². The normalized spacial score (nSPS) is 19.1. The Bertz CT molecular complexity index is 450. The van der Waals surface area contributed by atoms with E-state index in [0.717, 1.165) is 36.1 Å². The van der Waals surface area contributed by atoms with Gasteiger partial charge in [-0.2, -0.15) is 0 Å². The summed E-state index contributed by atoms with van der Waals surface area (Å²) in [5.74, 6) is 0.817. The zero-order valence-electron chi connectivity index (χ0n) is 12.2. The van der Waals surface area contributed by atoms with Crippen LogP contribution in [0.2, 0.25) is 0 Å². The summed E-state index contributed by atoms with van der Waals surface area (Å²) in [6, 6.07) is 7.97. The van der Waals surface area contributed by atoms with Gasteiger partial charge in [-0.1, -0.05) is 28.1 Å². The topological polar surface area (TPSA) is 41.1 Å². The van der Waals surface area contributed by atoms with Gasteiger partial charge in [0.25, 0.3) is 0 Å². The van der Waals surface area contributed by atoms with Crippen LogP contribution < -0.4 is 10.6 Å². The predicted octanol–water partition coefficient (Wildman–Crippen LogP) is 2.84. The fourth-order valence-corrected chi connectivity index (χ4v) is 2.83. The van der Waals surface area contributed by atoms with Crippen LogP contribution in [0.5, 0.6) is 0 Å². The van der Waals surface area contributed by atoms with E-state index in [1.54, 1.807) is 0 Å². The maximum absolute atomic E-state index is 12.4. The first-order valence-corrected chi connectivity index (χ1v) is 8.04. The lowest BCUT2D eigenvalue weighted by atomic mass is 9.83. The van der Waals surface area contributed by atoms with E-state index in [2.05, 4.69) is 26.6 Å². The maximum atomic E-state index is 12.4. The highest BCUT2D eigenvalue weighted by Crippen LogP contribution is 2.25. The Morgan fingerprint density at radius 3 is 2.70 bits per heavy atom. The first-order valence-electron chi connectivity index (χ1n) is 7.25. The van der Waals surface area contributed by atoms with Crippen molar-refractivity contribution in [3.8, 4) is 0 Å². The third kappa shape index (κ3) is 3.83. The van der Waals surface area contributed by atoms with E-state index in [-0.39, 0.29) is 5.91 Å². The molecule has 1 unspecified atom stereocenters. The summed E-state index contributed by atoms with van der Waals surface area (Å²) in [6.45, 7) is 6.92. The molecule has 1 saturated heterocycles. The lowest BCUT2D eigenvalue weighted by molar-refractivity contribution is -0.125. The van der Waals surface area contributed by atoms with Gasteiger partial charge in [0.1, 0.15) is 0 Å². The van der Waals surface area contributed by atoms with Crippen LogP contribution in [-0.2, 0) is 10.2 Å². The number of carbonyl (C=O) groups excluding carboxylic acids is 1. The van der Waals surface area contributed by atoms with Gasteiger partial charge in [0, 0.05) is 11.0 Å². The van der Waals surface area contributed by atoms with Crippen molar-refractivity contribution in [3.63, 3.8) is 0 Å². The molecule has 1 aliphatic rings. The molecule has 1 aromatic rings. The third-order valence-corrected chi connectivity index (χ3v) is 4.66. The van der Waals surface area contributed by atoms with Crippen LogP contribution in [0.25, 0.3) is 0 Å². The smallest absolute Gasteiger partial charge is 0.230 e. The molecule has 0 saturated carbocycles. The van der Waals surface area contributed by atoms with E-state index in [1.165, 1.54) is 6.42 Å². The molecule has 0 aromatic heterocycles. The highest BCUT2D eigenvalue weighted by Gasteiger charge is 2.29. The summed E-state index contributed by atoms with van der Waals surface area (Å²) >= 11 is 3.42. The summed E-state index contributed by atoms with van der Waals surface area (Å²) in [5, 5.41) is 6.44. The Balaban J connectivity index is 1.87. The molecule has 0 aliphatic carbocycles. The molecule has 2 N–H and O–H groups in total. The molecule has 20 heavy (non-hydrogen) atoms. The van der Waals surface area contributed by atoms with Crippen LogP contribution in [0, 0.1) is 5.92 Å². The van der Waals surface area contributed by atoms with Gasteiger partial charge in [-0.3, -0.25) is 4.79 Å². The van der Waals surface area contributed by atoms with Crippen LogP contribution in [0.15, 0.2) is 28.7 Å². The highest BCUT2D eigenvalue weighted by atomic mass is 79.9. The van der Waals surface area contributed by atoms with Crippen molar-refractivity contribution in [2.75, 3.05) is 19.6 Å². The second kappa shape index (κ2) is 6.72. The van der Waals surface area contributed by atoms with Gasteiger partial charge in [0.15, 0.2) is 0 Å². The maximum Gasteiger partial charge on any atom is 0.230 e. The lowest BCUT2D eigenvalue weighted by Gasteiger charge is -2.24. The van der Waals surface area contributed by atoms with Gasteiger partial charge < -0.3 is 10.6 Å². The predicted molar refractivity (Wildman–Crippen MR) is 85.8 cm³/mol. The summed E-state index contributed by atoms with van der Waals surface area (Å²) in [6.07, 6.45) is 2.29. The number of hydrogen-bond donors (Lipinski definition) is 2. The molecular formula is C16H23BrN2O. The second-order valence-electron chi connectivity index (χ2n) is 6.04. The molecule has 1 amide bonds. The standard InChI is InChI=1S/C16H23BrN2O/c1-16(2,13-3-5-14(17)6-4-13)15(20)19-10-8-12-7-9-18-11-12/h3-6,12,18H,7-11H2,1-2H3,(H,19,20). The molecule has 1 heterocycles. The van der Waals surface area contributed by atoms with Crippen molar-refractivity contribution in [2.24, 2.45) is 5.92 Å². The SMILES string of the molecule is CC(C)(C(=O)NCCC1CCNC1)c1ccc(Br)cc1. The van der Waals surface area contributed by atoms with E-state index in [1.807, 2.05) is 38.1 Å². The molecule has 1 fully saturated rings. The minimum Gasteiger partial charge on any atom is -0.355 e. The zero-order valence-corrected chi connectivity index (χ0v) is 13.8. The number of rotatable bonds is 5. The van der Waals surface area contributed by atoms with Crippen LogP contribution in [-0.4, -0.2) is 25.5 Å². The zero-order chi connectivity index (χ0) is 14.6. The van der Waals surface area contributed by atoms with Crippen LogP contribution in [0.1, 0.15) is 32.3 Å². The van der Waals surface area contributed by atoms with Gasteiger partial charge in [0.05, 0.1) is 5.41 Å². The lowest BCUT2D eigenvalue weighted by Crippen LogP contribution is -2.40. The molecular weight excluding hydrogens is 316 g/mol. The van der Waals surface area contributed by atoms with Crippen molar-refractivity contribution in [1.82, 2.24) is 10.6 Å². The summed E-state index contributed by atoms with van der Waals surface area (Å²) < 4.78 is 1.03. The molecule has 110 valence electrons. The van der Waals surface area contributed by atoms with Crippen molar-refractivity contribution in [1.29, 1.82) is 0 Å². The number of halogens is 1. The number of benzene rings is 1. The van der Waals surface area contributed by atoms with Crippen LogP contribution in [0.4, 0.5) is 0 Å². The minimum absolute atomic E-state index is 0.103. The third-order valence-electron chi connectivity index (χ3n) is 4.13. The molecule has 0 bridgehead atoms. The molecule has 1 aliphatic heterocycles. The number of hydrogen-bond acceptors (Lipinski definition) is 2. The second-order valence-corrected chi connectivity index (χ2v) is 6.95. The first kappa shape index (κ1) is 15.5. The molecule has 0 spiro atoms. The van der Waals surface area contributed by atoms with Crippen molar-refractivity contribution < 1.29 is 4.79 Å². The quantitative estimate of drug-likeness (QED) is 0.866. The Morgan fingerprint density at radius 2 is 2.10 bits per heavy atom. The largest absolute Gasteiger partial charge is 0.355 e. The van der Waals surface area contributed by atoms with Crippen molar-refractivity contribution >= 4 is 21.8 Å². The summed E-state index contributed by atoms with van der Waals surface area (Å²) in [4.78, 5) is 12.4. The van der Waals surface area contributed by atoms with Crippen LogP contribution >= 0.6 is 15.9 Å². The number of amides is 1. The van der Waals surface area contributed by atoms with Crippen molar-refractivity contribution in [2.45, 2.75) is 32.1 Å². The Hall–Kier alpha value is -0.870. The van der Waals surface area contributed by atoms with Gasteiger partial charge in [0.2, 0.25) is 5.91 Å². The molecule has 1 atom stereocenters. The minimum atomic E-state index is -0.491. The summed E-state index contributed by atoms with van der Waals surface area (Å²) in [7, 11) is 0. The Labute approximate surface area is 129 Å². The fourth-order valence-electron chi connectivity index (χ4n) is 2.57. The fraction of sp³-hybridized carbons (Fsp3) is 0.562. The molecule has 4 heteroatoms. The van der Waals surface area contributed by atoms with Gasteiger partial charge >= 0.3 is 0 Å². The molecule has 3 nitrogen and oxygen atoms in total. The van der Waals surface area contributed by atoms with E-state index in [9.17, 15) is 4.79 Å². The van der Waals surface area contributed by atoms with Gasteiger partial charge in [-0.25, -0.2) is 0 Å². The number of carbonyl (C=O) groups is 1. The monoisotopic (exact) mass is 338 g/mol. The highest BCUT2D eigenvalue weighted by molar-refractivity contribution is 9.10. The van der Waals surface area contributed by atoms with Crippen LogP contribution in [0.3, 0.4) is 0 Å². The van der Waals surface area contributed by atoms with E-state index in [4.69, 9.17) is 0 Å². The van der Waals surface area contributed by atoms with E-state index < -0.39 is 5.41 Å². The first-order chi connectivity index (χ1) is 9.50.